The summed E-state index contributed by atoms with van der Waals surface area (Å²) < 4.78 is 17.7. The Morgan fingerprint density at radius 3 is 2.08 bits per heavy atom. The Bertz CT molecular complexity index is 1290. The first-order valence-corrected chi connectivity index (χ1v) is 14.0. The molecule has 1 aromatic heterocycles. The number of benzene rings is 3. The fraction of sp³-hybridized carbons (Fsp3) is 0.294. The van der Waals surface area contributed by atoms with E-state index in [9.17, 15) is 4.79 Å². The normalized spacial score (nSPS) is 13.6. The molecule has 5 rings (SSSR count). The fourth-order valence-electron chi connectivity index (χ4n) is 5.07. The van der Waals surface area contributed by atoms with Crippen molar-refractivity contribution < 1.29 is 19.0 Å². The van der Waals surface area contributed by atoms with Crippen LogP contribution in [0.25, 0.3) is 11.1 Å². The molecule has 0 saturated carbocycles. The van der Waals surface area contributed by atoms with Crippen molar-refractivity contribution in [1.29, 1.82) is 0 Å². The van der Waals surface area contributed by atoms with Gasteiger partial charge in [-0.05, 0) is 60.6 Å². The highest BCUT2D eigenvalue weighted by Gasteiger charge is 2.23. The lowest BCUT2D eigenvalue weighted by molar-refractivity contribution is -0.144. The van der Waals surface area contributed by atoms with Gasteiger partial charge in [0.25, 0.3) is 0 Å². The molecule has 2 heterocycles. The second-order valence-electron chi connectivity index (χ2n) is 10.0. The molecule has 6 nitrogen and oxygen atoms in total. The zero-order chi connectivity index (χ0) is 27.6. The van der Waals surface area contributed by atoms with Crippen molar-refractivity contribution in [2.75, 3.05) is 24.6 Å². The summed E-state index contributed by atoms with van der Waals surface area (Å²) in [6.45, 7) is 5.02. The predicted molar refractivity (Wildman–Crippen MR) is 157 cm³/mol. The molecule has 4 aromatic rings. The third-order valence-electron chi connectivity index (χ3n) is 7.23. The molecule has 0 unspecified atom stereocenters. The molecule has 0 spiro atoms. The molecule has 1 aliphatic rings. The molecule has 0 radical (unpaired) electrons. The number of nitrogens with zero attached hydrogens (tertiary/aromatic N) is 2. The van der Waals surface area contributed by atoms with Gasteiger partial charge in [0.1, 0.15) is 19.0 Å². The van der Waals surface area contributed by atoms with Crippen molar-refractivity contribution in [2.45, 2.75) is 39.4 Å². The highest BCUT2D eigenvalue weighted by molar-refractivity contribution is 5.76. The van der Waals surface area contributed by atoms with E-state index >= 15 is 0 Å². The molecule has 3 aromatic carbocycles. The van der Waals surface area contributed by atoms with Crippen LogP contribution >= 0.6 is 0 Å². The summed E-state index contributed by atoms with van der Waals surface area (Å²) in [5, 5.41) is 0. The van der Waals surface area contributed by atoms with Gasteiger partial charge in [-0.25, -0.2) is 4.98 Å². The number of piperidine rings is 1. The number of esters is 1. The van der Waals surface area contributed by atoms with Crippen LogP contribution in [0.4, 0.5) is 5.69 Å². The first-order valence-electron chi connectivity index (χ1n) is 14.0. The lowest BCUT2D eigenvalue weighted by Gasteiger charge is -2.33. The number of carbonyl (C=O) groups excluding carboxylic acids is 1. The van der Waals surface area contributed by atoms with E-state index in [-0.39, 0.29) is 5.97 Å². The maximum atomic E-state index is 11.9. The first-order chi connectivity index (χ1) is 19.7. The quantitative estimate of drug-likeness (QED) is 0.191. The van der Waals surface area contributed by atoms with Gasteiger partial charge < -0.3 is 19.1 Å². The molecule has 0 N–H and O–H groups in total. The van der Waals surface area contributed by atoms with Crippen LogP contribution in [0, 0.1) is 5.92 Å². The average molecular weight is 537 g/mol. The monoisotopic (exact) mass is 536 g/mol. The molecule has 6 heteroatoms. The van der Waals surface area contributed by atoms with Gasteiger partial charge in [-0.2, -0.15) is 0 Å². The van der Waals surface area contributed by atoms with Crippen molar-refractivity contribution in [3.05, 3.63) is 108 Å². The van der Waals surface area contributed by atoms with Crippen molar-refractivity contribution >= 4 is 11.7 Å². The Morgan fingerprint density at radius 2 is 1.45 bits per heavy atom. The topological polar surface area (TPSA) is 60.9 Å². The van der Waals surface area contributed by atoms with E-state index in [1.54, 1.807) is 6.20 Å². The van der Waals surface area contributed by atoms with Gasteiger partial charge in [0.2, 0.25) is 5.88 Å². The number of anilines is 1. The fourth-order valence-corrected chi connectivity index (χ4v) is 5.07. The summed E-state index contributed by atoms with van der Waals surface area (Å²) >= 11 is 0. The second-order valence-corrected chi connectivity index (χ2v) is 10.0. The van der Waals surface area contributed by atoms with E-state index in [2.05, 4.69) is 46.3 Å². The number of carbonyl (C=O) groups is 1. The molecule has 40 heavy (non-hydrogen) atoms. The molecule has 0 bridgehead atoms. The lowest BCUT2D eigenvalue weighted by atomic mass is 9.93. The van der Waals surface area contributed by atoms with Gasteiger partial charge in [-0.3, -0.25) is 4.79 Å². The number of ether oxygens (including phenoxy) is 3. The summed E-state index contributed by atoms with van der Waals surface area (Å²) in [6, 6.07) is 30.6. The number of pyridine rings is 1. The summed E-state index contributed by atoms with van der Waals surface area (Å²) in [4.78, 5) is 18.9. The number of rotatable bonds is 11. The Kier molecular flexibility index (Phi) is 9.30. The molecule has 0 amide bonds. The minimum atomic E-state index is -0.0858. The van der Waals surface area contributed by atoms with Crippen LogP contribution < -0.4 is 14.4 Å². The smallest absolute Gasteiger partial charge is 0.306 e. The van der Waals surface area contributed by atoms with Gasteiger partial charge >= 0.3 is 5.97 Å². The van der Waals surface area contributed by atoms with Crippen molar-refractivity contribution in [3.8, 4) is 22.8 Å². The number of aromatic nitrogens is 1. The molecule has 1 aliphatic heterocycles. The zero-order valence-corrected chi connectivity index (χ0v) is 23.0. The van der Waals surface area contributed by atoms with E-state index in [1.165, 1.54) is 5.69 Å². The standard InChI is InChI=1S/C34H36N2O4/c1-2-38-32(37)23-26-18-21-36(22-19-26)30-15-13-29(14-16-30)33-31(39-24-27-9-5-3-6-10-27)17-20-35-34(33)40-25-28-11-7-4-8-12-28/h3-17,20,26H,2,18-19,21-25H2,1H3. The van der Waals surface area contributed by atoms with Crippen LogP contribution in [0.3, 0.4) is 0 Å². The molecular weight excluding hydrogens is 500 g/mol. The van der Waals surface area contributed by atoms with E-state index in [0.717, 1.165) is 53.9 Å². The van der Waals surface area contributed by atoms with E-state index in [4.69, 9.17) is 14.2 Å². The Hall–Kier alpha value is -4.32. The molecular formula is C34H36N2O4. The Morgan fingerprint density at radius 1 is 0.825 bits per heavy atom. The first kappa shape index (κ1) is 27.3. The van der Waals surface area contributed by atoms with Crippen LogP contribution in [-0.4, -0.2) is 30.6 Å². The van der Waals surface area contributed by atoms with Crippen molar-refractivity contribution in [2.24, 2.45) is 5.92 Å². The Labute approximate surface area is 236 Å². The summed E-state index contributed by atoms with van der Waals surface area (Å²) in [6.07, 6.45) is 4.22. The average Bonchev–Trinajstić information content (AvgIpc) is 3.00. The summed E-state index contributed by atoms with van der Waals surface area (Å²) in [5.41, 5.74) is 5.17. The van der Waals surface area contributed by atoms with Crippen LogP contribution in [-0.2, 0) is 22.7 Å². The van der Waals surface area contributed by atoms with Gasteiger partial charge in [-0.1, -0.05) is 72.8 Å². The van der Waals surface area contributed by atoms with Gasteiger partial charge in [-0.15, -0.1) is 0 Å². The molecule has 1 saturated heterocycles. The van der Waals surface area contributed by atoms with Crippen LogP contribution in [0.5, 0.6) is 11.6 Å². The molecule has 0 atom stereocenters. The third-order valence-corrected chi connectivity index (χ3v) is 7.23. The second kappa shape index (κ2) is 13.7. The molecule has 0 aliphatic carbocycles. The summed E-state index contributed by atoms with van der Waals surface area (Å²) in [7, 11) is 0. The van der Waals surface area contributed by atoms with Crippen molar-refractivity contribution in [1.82, 2.24) is 4.98 Å². The highest BCUT2D eigenvalue weighted by atomic mass is 16.5. The van der Waals surface area contributed by atoms with E-state index < -0.39 is 0 Å². The number of hydrogen-bond acceptors (Lipinski definition) is 6. The highest BCUT2D eigenvalue weighted by Crippen LogP contribution is 2.39. The molecule has 206 valence electrons. The van der Waals surface area contributed by atoms with Crippen LogP contribution in [0.1, 0.15) is 37.3 Å². The van der Waals surface area contributed by atoms with Crippen molar-refractivity contribution in [3.63, 3.8) is 0 Å². The lowest BCUT2D eigenvalue weighted by Crippen LogP contribution is -2.34. The minimum Gasteiger partial charge on any atom is -0.488 e. The Balaban J connectivity index is 1.33. The van der Waals surface area contributed by atoms with Gasteiger partial charge in [0, 0.05) is 31.4 Å². The van der Waals surface area contributed by atoms with E-state index in [1.807, 2.05) is 61.5 Å². The van der Waals surface area contributed by atoms with E-state index in [0.29, 0.717) is 38.0 Å². The largest absolute Gasteiger partial charge is 0.488 e. The van der Waals surface area contributed by atoms with Gasteiger partial charge in [0.05, 0.1) is 12.2 Å². The minimum absolute atomic E-state index is 0.0858. The maximum absolute atomic E-state index is 11.9. The predicted octanol–water partition coefficient (Wildman–Crippen LogP) is 7.08. The van der Waals surface area contributed by atoms with Gasteiger partial charge in [0.15, 0.2) is 0 Å². The van der Waals surface area contributed by atoms with Crippen LogP contribution in [0.2, 0.25) is 0 Å². The SMILES string of the molecule is CCOC(=O)CC1CCN(c2ccc(-c3c(OCc4ccccc4)ccnc3OCc3ccccc3)cc2)CC1. The third kappa shape index (κ3) is 7.20. The summed E-state index contributed by atoms with van der Waals surface area (Å²) in [5.74, 6) is 1.58. The number of hydrogen-bond donors (Lipinski definition) is 0. The van der Waals surface area contributed by atoms with Crippen LogP contribution in [0.15, 0.2) is 97.2 Å². The molecule has 1 fully saturated rings. The zero-order valence-electron chi connectivity index (χ0n) is 23.0. The maximum Gasteiger partial charge on any atom is 0.306 e.